The van der Waals surface area contributed by atoms with Crippen LogP contribution in [0.5, 0.6) is 5.75 Å². The van der Waals surface area contributed by atoms with Gasteiger partial charge in [-0.25, -0.2) is 0 Å². The standard InChI is InChI=1S/C13H17N3O2/c1-9(14-2)13-15-12(16-18-13)8-10-6-4-5-7-11(10)17-3/h4-7,9,14H,8H2,1-3H3. The molecule has 18 heavy (non-hydrogen) atoms. The summed E-state index contributed by atoms with van der Waals surface area (Å²) < 4.78 is 10.5. The predicted molar refractivity (Wildman–Crippen MR) is 67.6 cm³/mol. The maximum atomic E-state index is 5.29. The van der Waals surface area contributed by atoms with Crippen LogP contribution in [0.2, 0.25) is 0 Å². The second-order valence-corrected chi connectivity index (χ2v) is 4.05. The van der Waals surface area contributed by atoms with Crippen LogP contribution in [-0.2, 0) is 6.42 Å². The normalized spacial score (nSPS) is 12.4. The van der Waals surface area contributed by atoms with Crippen molar-refractivity contribution in [1.29, 1.82) is 0 Å². The highest BCUT2D eigenvalue weighted by molar-refractivity contribution is 5.35. The van der Waals surface area contributed by atoms with Gasteiger partial charge in [0.05, 0.1) is 13.2 Å². The van der Waals surface area contributed by atoms with E-state index in [0.717, 1.165) is 11.3 Å². The Kier molecular flexibility index (Phi) is 3.94. The lowest BCUT2D eigenvalue weighted by Gasteiger charge is -2.05. The molecular formula is C13H17N3O2. The molecule has 1 atom stereocenters. The molecule has 1 aromatic heterocycles. The third-order valence-corrected chi connectivity index (χ3v) is 2.83. The van der Waals surface area contributed by atoms with Crippen LogP contribution < -0.4 is 10.1 Å². The zero-order valence-electron chi connectivity index (χ0n) is 10.8. The minimum absolute atomic E-state index is 0.0592. The first-order valence-corrected chi connectivity index (χ1v) is 5.86. The molecule has 1 heterocycles. The van der Waals surface area contributed by atoms with Crippen LogP contribution in [0.3, 0.4) is 0 Å². The van der Waals surface area contributed by atoms with Gasteiger partial charge in [-0.05, 0) is 20.0 Å². The molecule has 0 aliphatic carbocycles. The van der Waals surface area contributed by atoms with E-state index < -0.39 is 0 Å². The Balaban J connectivity index is 2.16. The molecule has 0 bridgehead atoms. The van der Waals surface area contributed by atoms with E-state index in [4.69, 9.17) is 9.26 Å². The van der Waals surface area contributed by atoms with Gasteiger partial charge in [0.15, 0.2) is 5.82 Å². The Morgan fingerprint density at radius 1 is 1.39 bits per heavy atom. The van der Waals surface area contributed by atoms with E-state index in [1.807, 2.05) is 38.2 Å². The lowest BCUT2D eigenvalue weighted by atomic mass is 10.1. The number of benzene rings is 1. The molecule has 1 aromatic carbocycles. The Labute approximate surface area is 106 Å². The zero-order valence-corrected chi connectivity index (χ0v) is 10.8. The number of hydrogen-bond donors (Lipinski definition) is 1. The van der Waals surface area contributed by atoms with Gasteiger partial charge in [0.25, 0.3) is 0 Å². The summed E-state index contributed by atoms with van der Waals surface area (Å²) in [6.45, 7) is 1.97. The third-order valence-electron chi connectivity index (χ3n) is 2.83. The van der Waals surface area contributed by atoms with Crippen molar-refractivity contribution in [2.24, 2.45) is 0 Å². The number of rotatable bonds is 5. The summed E-state index contributed by atoms with van der Waals surface area (Å²) in [5, 5.41) is 7.03. The molecule has 0 amide bonds. The van der Waals surface area contributed by atoms with Crippen LogP contribution in [0, 0.1) is 0 Å². The number of aromatic nitrogens is 2. The summed E-state index contributed by atoms with van der Waals surface area (Å²) in [6.07, 6.45) is 0.601. The van der Waals surface area contributed by atoms with Gasteiger partial charge in [-0.15, -0.1) is 0 Å². The van der Waals surface area contributed by atoms with E-state index in [9.17, 15) is 0 Å². The van der Waals surface area contributed by atoms with E-state index in [-0.39, 0.29) is 6.04 Å². The summed E-state index contributed by atoms with van der Waals surface area (Å²) in [5.41, 5.74) is 1.05. The molecule has 0 saturated heterocycles. The summed E-state index contributed by atoms with van der Waals surface area (Å²) in [5.74, 6) is 2.10. The molecule has 0 spiro atoms. The smallest absolute Gasteiger partial charge is 0.243 e. The van der Waals surface area contributed by atoms with Gasteiger partial charge in [0, 0.05) is 12.0 Å². The van der Waals surface area contributed by atoms with Gasteiger partial charge in [-0.3, -0.25) is 0 Å². The number of methoxy groups -OCH3 is 1. The minimum atomic E-state index is 0.0592. The molecule has 5 heteroatoms. The van der Waals surface area contributed by atoms with E-state index >= 15 is 0 Å². The Morgan fingerprint density at radius 2 is 2.17 bits per heavy atom. The van der Waals surface area contributed by atoms with Crippen molar-refractivity contribution < 1.29 is 9.26 Å². The molecular weight excluding hydrogens is 230 g/mol. The van der Waals surface area contributed by atoms with E-state index in [1.54, 1.807) is 7.11 Å². The average Bonchev–Trinajstić information content (AvgIpc) is 2.87. The second-order valence-electron chi connectivity index (χ2n) is 4.05. The van der Waals surface area contributed by atoms with Crippen molar-refractivity contribution in [3.63, 3.8) is 0 Å². The van der Waals surface area contributed by atoms with Crippen LogP contribution in [0.15, 0.2) is 28.8 Å². The highest BCUT2D eigenvalue weighted by Crippen LogP contribution is 2.20. The zero-order chi connectivity index (χ0) is 13.0. The first-order valence-electron chi connectivity index (χ1n) is 5.86. The highest BCUT2D eigenvalue weighted by atomic mass is 16.5. The lowest BCUT2D eigenvalue weighted by molar-refractivity contribution is 0.343. The van der Waals surface area contributed by atoms with E-state index in [2.05, 4.69) is 15.5 Å². The fraction of sp³-hybridized carbons (Fsp3) is 0.385. The van der Waals surface area contributed by atoms with Gasteiger partial charge in [0.2, 0.25) is 5.89 Å². The number of nitrogens with zero attached hydrogens (tertiary/aromatic N) is 2. The van der Waals surface area contributed by atoms with Crippen LogP contribution in [0.1, 0.15) is 30.2 Å². The van der Waals surface area contributed by atoms with Crippen LogP contribution in [-0.4, -0.2) is 24.3 Å². The predicted octanol–water partition coefficient (Wildman–Crippen LogP) is 1.95. The molecule has 1 N–H and O–H groups in total. The molecule has 5 nitrogen and oxygen atoms in total. The van der Waals surface area contributed by atoms with Gasteiger partial charge < -0.3 is 14.6 Å². The van der Waals surface area contributed by atoms with Crippen molar-refractivity contribution in [3.05, 3.63) is 41.5 Å². The summed E-state index contributed by atoms with van der Waals surface area (Å²) in [7, 11) is 3.51. The number of ether oxygens (including phenoxy) is 1. The molecule has 0 aliphatic heterocycles. The van der Waals surface area contributed by atoms with Crippen molar-refractivity contribution >= 4 is 0 Å². The molecule has 0 aliphatic rings. The fourth-order valence-corrected chi connectivity index (χ4v) is 1.66. The summed E-state index contributed by atoms with van der Waals surface area (Å²) in [4.78, 5) is 4.36. The van der Waals surface area contributed by atoms with Crippen LogP contribution >= 0.6 is 0 Å². The van der Waals surface area contributed by atoms with Crippen LogP contribution in [0.4, 0.5) is 0 Å². The quantitative estimate of drug-likeness (QED) is 0.875. The van der Waals surface area contributed by atoms with Gasteiger partial charge in [0.1, 0.15) is 5.75 Å². The molecule has 2 aromatic rings. The number of hydrogen-bond acceptors (Lipinski definition) is 5. The summed E-state index contributed by atoms with van der Waals surface area (Å²) in [6, 6.07) is 7.88. The number of nitrogens with one attached hydrogen (secondary N) is 1. The fourth-order valence-electron chi connectivity index (χ4n) is 1.66. The van der Waals surface area contributed by atoms with Crippen molar-refractivity contribution in [1.82, 2.24) is 15.5 Å². The van der Waals surface area contributed by atoms with Crippen molar-refractivity contribution in [2.75, 3.05) is 14.2 Å². The monoisotopic (exact) mass is 247 g/mol. The second kappa shape index (κ2) is 5.64. The van der Waals surface area contributed by atoms with E-state index in [0.29, 0.717) is 18.1 Å². The SMILES string of the molecule is CNC(C)c1nc(Cc2ccccc2OC)no1. The lowest BCUT2D eigenvalue weighted by Crippen LogP contribution is -2.12. The maximum absolute atomic E-state index is 5.29. The Hall–Kier alpha value is -1.88. The highest BCUT2D eigenvalue weighted by Gasteiger charge is 2.13. The van der Waals surface area contributed by atoms with Crippen molar-refractivity contribution in [2.45, 2.75) is 19.4 Å². The largest absolute Gasteiger partial charge is 0.496 e. The molecule has 96 valence electrons. The maximum Gasteiger partial charge on any atom is 0.243 e. The Morgan fingerprint density at radius 3 is 2.89 bits per heavy atom. The van der Waals surface area contributed by atoms with Gasteiger partial charge >= 0.3 is 0 Å². The molecule has 2 rings (SSSR count). The van der Waals surface area contributed by atoms with Gasteiger partial charge in [-0.2, -0.15) is 4.98 Å². The van der Waals surface area contributed by atoms with Crippen molar-refractivity contribution in [3.8, 4) is 5.75 Å². The Bertz CT molecular complexity index is 510. The average molecular weight is 247 g/mol. The molecule has 0 saturated carbocycles. The molecule has 0 fully saturated rings. The van der Waals surface area contributed by atoms with Gasteiger partial charge in [-0.1, -0.05) is 23.4 Å². The topological polar surface area (TPSA) is 60.2 Å². The minimum Gasteiger partial charge on any atom is -0.496 e. The third kappa shape index (κ3) is 2.68. The van der Waals surface area contributed by atoms with E-state index in [1.165, 1.54) is 0 Å². The molecule has 0 radical (unpaired) electrons. The first-order chi connectivity index (χ1) is 8.74. The molecule has 1 unspecified atom stereocenters. The number of para-hydroxylation sites is 1. The van der Waals surface area contributed by atoms with Crippen LogP contribution in [0.25, 0.3) is 0 Å². The summed E-state index contributed by atoms with van der Waals surface area (Å²) >= 11 is 0. The first kappa shape index (κ1) is 12.6.